The molecule has 1 saturated heterocycles. The molecule has 1 aromatic heterocycles. The number of rotatable bonds is 3. The molecule has 20 heavy (non-hydrogen) atoms. The summed E-state index contributed by atoms with van der Waals surface area (Å²) in [5.41, 5.74) is 2.46. The number of aliphatic hydroxyl groups is 1. The van der Waals surface area contributed by atoms with Crippen LogP contribution in [0.3, 0.4) is 0 Å². The van der Waals surface area contributed by atoms with E-state index in [-0.39, 0.29) is 12.0 Å². The molecule has 1 aliphatic heterocycles. The van der Waals surface area contributed by atoms with Crippen LogP contribution in [-0.4, -0.2) is 34.2 Å². The van der Waals surface area contributed by atoms with E-state index in [1.807, 2.05) is 18.3 Å². The number of hydrogen-bond acceptors (Lipinski definition) is 3. The van der Waals surface area contributed by atoms with Gasteiger partial charge in [0.05, 0.1) is 6.10 Å². The maximum atomic E-state index is 10.4. The van der Waals surface area contributed by atoms with Gasteiger partial charge in [0.25, 0.3) is 0 Å². The predicted molar refractivity (Wildman–Crippen MR) is 79.3 cm³/mol. The van der Waals surface area contributed by atoms with Crippen LogP contribution in [0.4, 0.5) is 0 Å². The number of aromatic nitrogens is 1. The number of likely N-dealkylation sites (tertiary alicyclic amines) is 1. The molecular formula is C17H20N2O. The highest BCUT2D eigenvalue weighted by Gasteiger charge is 2.28. The summed E-state index contributed by atoms with van der Waals surface area (Å²) in [4.78, 5) is 6.48. The lowest BCUT2D eigenvalue weighted by molar-refractivity contribution is 0.0476. The minimum atomic E-state index is -0.309. The summed E-state index contributed by atoms with van der Waals surface area (Å²) in [6.45, 7) is 2.66. The van der Waals surface area contributed by atoms with Crippen molar-refractivity contribution in [2.75, 3.05) is 13.1 Å². The number of nitrogens with zero attached hydrogens (tertiary/aromatic N) is 2. The van der Waals surface area contributed by atoms with E-state index < -0.39 is 0 Å². The van der Waals surface area contributed by atoms with Gasteiger partial charge < -0.3 is 5.11 Å². The lowest BCUT2D eigenvalue weighted by Crippen LogP contribution is -2.42. The minimum absolute atomic E-state index is 0.218. The SMILES string of the molecule is OC1CN(Cc2ccccc2)CCC1c1cccnc1. The van der Waals surface area contributed by atoms with Crippen molar-refractivity contribution in [2.24, 2.45) is 0 Å². The van der Waals surface area contributed by atoms with E-state index in [1.54, 1.807) is 6.20 Å². The van der Waals surface area contributed by atoms with Crippen molar-refractivity contribution in [3.8, 4) is 0 Å². The third-order valence-electron chi connectivity index (χ3n) is 4.03. The molecule has 1 aromatic carbocycles. The minimum Gasteiger partial charge on any atom is -0.391 e. The standard InChI is InChI=1S/C17H20N2O/c20-17-13-19(12-14-5-2-1-3-6-14)10-8-16(17)15-7-4-9-18-11-15/h1-7,9,11,16-17,20H,8,10,12-13H2. The largest absolute Gasteiger partial charge is 0.391 e. The van der Waals surface area contributed by atoms with Crippen molar-refractivity contribution in [3.05, 3.63) is 66.0 Å². The van der Waals surface area contributed by atoms with Gasteiger partial charge in [-0.1, -0.05) is 36.4 Å². The van der Waals surface area contributed by atoms with E-state index in [9.17, 15) is 5.11 Å². The monoisotopic (exact) mass is 268 g/mol. The van der Waals surface area contributed by atoms with Gasteiger partial charge in [0.2, 0.25) is 0 Å². The zero-order valence-electron chi connectivity index (χ0n) is 11.5. The number of pyridine rings is 1. The highest BCUT2D eigenvalue weighted by atomic mass is 16.3. The highest BCUT2D eigenvalue weighted by molar-refractivity contribution is 5.18. The van der Waals surface area contributed by atoms with Crippen LogP contribution in [0.2, 0.25) is 0 Å². The van der Waals surface area contributed by atoms with Crippen LogP contribution in [0.5, 0.6) is 0 Å². The lowest BCUT2D eigenvalue weighted by Gasteiger charge is -2.36. The van der Waals surface area contributed by atoms with Crippen LogP contribution in [-0.2, 0) is 6.54 Å². The van der Waals surface area contributed by atoms with Crippen LogP contribution < -0.4 is 0 Å². The maximum Gasteiger partial charge on any atom is 0.0736 e. The van der Waals surface area contributed by atoms with Crippen LogP contribution in [0.25, 0.3) is 0 Å². The summed E-state index contributed by atoms with van der Waals surface area (Å²) in [5.74, 6) is 0.218. The average molecular weight is 268 g/mol. The molecule has 0 saturated carbocycles. The highest BCUT2D eigenvalue weighted by Crippen LogP contribution is 2.28. The number of aliphatic hydroxyl groups excluding tert-OH is 1. The fraction of sp³-hybridized carbons (Fsp3) is 0.353. The molecule has 3 rings (SSSR count). The molecule has 0 bridgehead atoms. The van der Waals surface area contributed by atoms with Crippen molar-refractivity contribution in [1.29, 1.82) is 0 Å². The molecule has 2 heterocycles. The molecule has 2 aromatic rings. The number of piperidine rings is 1. The molecule has 0 aliphatic carbocycles. The Morgan fingerprint density at radius 2 is 2.00 bits per heavy atom. The van der Waals surface area contributed by atoms with Gasteiger partial charge in [-0.05, 0) is 30.2 Å². The van der Waals surface area contributed by atoms with Crippen molar-refractivity contribution in [3.63, 3.8) is 0 Å². The molecule has 3 heteroatoms. The Hall–Kier alpha value is -1.71. The Bertz CT molecular complexity index is 529. The predicted octanol–water partition coefficient (Wildman–Crippen LogP) is 2.43. The van der Waals surface area contributed by atoms with Gasteiger partial charge in [-0.3, -0.25) is 9.88 Å². The Morgan fingerprint density at radius 1 is 1.15 bits per heavy atom. The van der Waals surface area contributed by atoms with Crippen LogP contribution in [0.1, 0.15) is 23.5 Å². The molecule has 1 fully saturated rings. The second kappa shape index (κ2) is 6.16. The summed E-state index contributed by atoms with van der Waals surface area (Å²) in [6.07, 6.45) is 4.33. The van der Waals surface area contributed by atoms with Gasteiger partial charge in [0.1, 0.15) is 0 Å². The second-order valence-electron chi connectivity index (χ2n) is 5.47. The number of benzene rings is 1. The molecular weight excluding hydrogens is 248 g/mol. The van der Waals surface area contributed by atoms with Gasteiger partial charge in [0, 0.05) is 31.4 Å². The zero-order valence-corrected chi connectivity index (χ0v) is 11.5. The summed E-state index contributed by atoms with van der Waals surface area (Å²) < 4.78 is 0. The van der Waals surface area contributed by atoms with Crippen molar-refractivity contribution in [1.82, 2.24) is 9.88 Å². The Balaban J connectivity index is 1.62. The van der Waals surface area contributed by atoms with Gasteiger partial charge in [-0.25, -0.2) is 0 Å². The summed E-state index contributed by atoms with van der Waals surface area (Å²) in [7, 11) is 0. The Labute approximate surface area is 119 Å². The van der Waals surface area contributed by atoms with Crippen molar-refractivity contribution in [2.45, 2.75) is 25.0 Å². The first-order valence-electron chi connectivity index (χ1n) is 7.17. The normalized spacial score (nSPS) is 23.6. The fourth-order valence-corrected chi connectivity index (χ4v) is 2.97. The molecule has 104 valence electrons. The number of β-amino-alcohol motifs (C(OH)–C–C–N with tert-alkyl or cyclic N) is 1. The van der Waals surface area contributed by atoms with Crippen molar-refractivity contribution < 1.29 is 5.11 Å². The van der Waals surface area contributed by atoms with Crippen LogP contribution >= 0.6 is 0 Å². The van der Waals surface area contributed by atoms with E-state index in [4.69, 9.17) is 0 Å². The van der Waals surface area contributed by atoms with E-state index in [1.165, 1.54) is 5.56 Å². The average Bonchev–Trinajstić information content (AvgIpc) is 2.49. The zero-order chi connectivity index (χ0) is 13.8. The topological polar surface area (TPSA) is 36.4 Å². The van der Waals surface area contributed by atoms with E-state index in [0.29, 0.717) is 0 Å². The molecule has 1 N–H and O–H groups in total. The van der Waals surface area contributed by atoms with Gasteiger partial charge in [-0.15, -0.1) is 0 Å². The summed E-state index contributed by atoms with van der Waals surface area (Å²) in [5, 5.41) is 10.4. The first-order valence-corrected chi connectivity index (χ1v) is 7.17. The van der Waals surface area contributed by atoms with Gasteiger partial charge in [-0.2, -0.15) is 0 Å². The fourth-order valence-electron chi connectivity index (χ4n) is 2.97. The van der Waals surface area contributed by atoms with Crippen LogP contribution in [0.15, 0.2) is 54.9 Å². The Morgan fingerprint density at radius 3 is 2.70 bits per heavy atom. The molecule has 0 radical (unpaired) electrons. The molecule has 2 atom stereocenters. The molecule has 0 spiro atoms. The first-order chi connectivity index (χ1) is 9.83. The van der Waals surface area contributed by atoms with Gasteiger partial charge >= 0.3 is 0 Å². The number of hydrogen-bond donors (Lipinski definition) is 1. The second-order valence-corrected chi connectivity index (χ2v) is 5.47. The van der Waals surface area contributed by atoms with E-state index in [0.717, 1.165) is 31.6 Å². The summed E-state index contributed by atoms with van der Waals surface area (Å²) in [6, 6.07) is 14.4. The van der Waals surface area contributed by atoms with Gasteiger partial charge in [0.15, 0.2) is 0 Å². The third kappa shape index (κ3) is 3.06. The van der Waals surface area contributed by atoms with E-state index >= 15 is 0 Å². The molecule has 3 nitrogen and oxygen atoms in total. The molecule has 2 unspecified atom stereocenters. The summed E-state index contributed by atoms with van der Waals surface area (Å²) >= 11 is 0. The van der Waals surface area contributed by atoms with Crippen LogP contribution in [0, 0.1) is 0 Å². The first kappa shape index (κ1) is 13.3. The molecule has 1 aliphatic rings. The van der Waals surface area contributed by atoms with Crippen molar-refractivity contribution >= 4 is 0 Å². The lowest BCUT2D eigenvalue weighted by atomic mass is 9.88. The quantitative estimate of drug-likeness (QED) is 0.929. The Kier molecular flexibility index (Phi) is 4.09. The van der Waals surface area contributed by atoms with E-state index in [2.05, 4.69) is 40.2 Å². The smallest absolute Gasteiger partial charge is 0.0736 e. The third-order valence-corrected chi connectivity index (χ3v) is 4.03. The maximum absolute atomic E-state index is 10.4. The molecule has 0 amide bonds.